The fraction of sp³-hybridized carbons (Fsp3) is 0.333. The Morgan fingerprint density at radius 3 is 2.95 bits per heavy atom. The van der Waals surface area contributed by atoms with E-state index < -0.39 is 23.4 Å². The number of hydrogen-bond donors (Lipinski definition) is 2. The second kappa shape index (κ2) is 5.42. The lowest BCUT2D eigenvalue weighted by Crippen LogP contribution is -2.34. The molecule has 3 rings (SSSR count). The van der Waals surface area contributed by atoms with Gasteiger partial charge >= 0.3 is 0 Å². The number of amides is 1. The van der Waals surface area contributed by atoms with Crippen LogP contribution in [0.15, 0.2) is 27.5 Å². The Bertz CT molecular complexity index is 780. The second-order valence-corrected chi connectivity index (χ2v) is 5.28. The maximum absolute atomic E-state index is 13.4. The van der Waals surface area contributed by atoms with Crippen molar-refractivity contribution < 1.29 is 18.8 Å². The molecular formula is C15H15FN2O4. The number of anilines is 1. The van der Waals surface area contributed by atoms with Crippen LogP contribution in [0.2, 0.25) is 0 Å². The minimum atomic E-state index is -0.841. The highest BCUT2D eigenvalue weighted by Gasteiger charge is 2.29. The van der Waals surface area contributed by atoms with Gasteiger partial charge in [0.25, 0.3) is 11.5 Å². The number of carbonyl (C=O) groups is 1. The van der Waals surface area contributed by atoms with Gasteiger partial charge < -0.3 is 14.5 Å². The molecule has 1 aliphatic heterocycles. The van der Waals surface area contributed by atoms with E-state index in [0.717, 1.165) is 0 Å². The van der Waals surface area contributed by atoms with E-state index in [1.165, 1.54) is 30.0 Å². The Morgan fingerprint density at radius 1 is 1.50 bits per heavy atom. The number of aryl methyl sites for hydroxylation is 1. The smallest absolute Gasteiger partial charge is 0.293 e. The predicted octanol–water partition coefficient (Wildman–Crippen LogP) is 1.89. The van der Waals surface area contributed by atoms with Crippen LogP contribution in [-0.4, -0.2) is 22.7 Å². The average Bonchev–Trinajstić information content (AvgIpc) is 2.73. The highest BCUT2D eigenvalue weighted by molar-refractivity contribution is 6.07. The van der Waals surface area contributed by atoms with Crippen LogP contribution in [0.1, 0.15) is 40.6 Å². The third-order valence-corrected chi connectivity index (χ3v) is 3.83. The summed E-state index contributed by atoms with van der Waals surface area (Å²) < 4.78 is 18.3. The summed E-state index contributed by atoms with van der Waals surface area (Å²) in [7, 11) is 0. The molecule has 6 nitrogen and oxygen atoms in total. The Morgan fingerprint density at radius 2 is 2.27 bits per heavy atom. The number of fused-ring (bicyclic) bond motifs is 1. The summed E-state index contributed by atoms with van der Waals surface area (Å²) in [5, 5.41) is 12.2. The molecule has 1 aromatic carbocycles. The van der Waals surface area contributed by atoms with E-state index >= 15 is 0 Å². The highest BCUT2D eigenvalue weighted by atomic mass is 19.1. The van der Waals surface area contributed by atoms with Crippen molar-refractivity contribution in [2.24, 2.45) is 0 Å². The number of rotatable bonds is 1. The number of nitrogens with one attached hydrogen (secondary N) is 1. The number of halogens is 1. The number of aromatic amines is 1. The molecule has 1 aromatic heterocycles. The molecule has 1 amide bonds. The van der Waals surface area contributed by atoms with Gasteiger partial charge in [-0.2, -0.15) is 5.16 Å². The average molecular weight is 306 g/mol. The van der Waals surface area contributed by atoms with Crippen LogP contribution >= 0.6 is 0 Å². The van der Waals surface area contributed by atoms with Gasteiger partial charge in [0.15, 0.2) is 0 Å². The van der Waals surface area contributed by atoms with Crippen LogP contribution in [0.25, 0.3) is 0 Å². The molecule has 0 bridgehead atoms. The minimum Gasteiger partial charge on any atom is -0.388 e. The lowest BCUT2D eigenvalue weighted by Gasteiger charge is -2.22. The Kier molecular flexibility index (Phi) is 3.58. The Balaban J connectivity index is 2.10. The third-order valence-electron chi connectivity index (χ3n) is 3.83. The standard InChI is InChI=1S/C15H15FN2O4/c1-8-13(14(20)17-22-8)15(21)18-6-2-3-12(19)10-7-9(16)4-5-11(10)18/h4-5,7,12,19H,2-3,6H2,1H3,(H,17,20). The van der Waals surface area contributed by atoms with Gasteiger partial charge in [0.1, 0.15) is 17.1 Å². The first-order chi connectivity index (χ1) is 10.5. The van der Waals surface area contributed by atoms with Crippen molar-refractivity contribution in [3.8, 4) is 0 Å². The van der Waals surface area contributed by atoms with Crippen molar-refractivity contribution in [3.63, 3.8) is 0 Å². The first kappa shape index (κ1) is 14.5. The zero-order valence-corrected chi connectivity index (χ0v) is 11.9. The lowest BCUT2D eigenvalue weighted by molar-refractivity contribution is 0.0984. The van der Waals surface area contributed by atoms with Gasteiger partial charge in [-0.25, -0.2) is 4.39 Å². The van der Waals surface area contributed by atoms with Crippen molar-refractivity contribution in [3.05, 3.63) is 51.3 Å². The SMILES string of the molecule is Cc1o[nH]c(=O)c1C(=O)N1CCCC(O)c2cc(F)ccc21. The van der Waals surface area contributed by atoms with E-state index in [2.05, 4.69) is 5.16 Å². The van der Waals surface area contributed by atoms with E-state index in [4.69, 9.17) is 4.52 Å². The number of H-pyrrole nitrogens is 1. The largest absolute Gasteiger partial charge is 0.388 e. The number of hydrogen-bond acceptors (Lipinski definition) is 4. The van der Waals surface area contributed by atoms with Crippen LogP contribution in [0.3, 0.4) is 0 Å². The summed E-state index contributed by atoms with van der Waals surface area (Å²) in [6.07, 6.45) is 0.117. The van der Waals surface area contributed by atoms with Crippen molar-refractivity contribution in [2.75, 3.05) is 11.4 Å². The molecule has 116 valence electrons. The maximum atomic E-state index is 13.4. The van der Waals surface area contributed by atoms with E-state index in [1.54, 1.807) is 0 Å². The molecule has 0 spiro atoms. The fourth-order valence-electron chi connectivity index (χ4n) is 2.74. The number of aliphatic hydroxyl groups excluding tert-OH is 1. The van der Waals surface area contributed by atoms with Crippen LogP contribution in [0, 0.1) is 12.7 Å². The third kappa shape index (κ3) is 2.33. The van der Waals surface area contributed by atoms with Gasteiger partial charge in [0.2, 0.25) is 0 Å². The molecule has 2 N–H and O–H groups in total. The summed E-state index contributed by atoms with van der Waals surface area (Å²) in [5.74, 6) is -0.803. The molecule has 2 heterocycles. The number of aliphatic hydroxyl groups is 1. The van der Waals surface area contributed by atoms with Gasteiger partial charge in [-0.1, -0.05) is 0 Å². The van der Waals surface area contributed by atoms with Crippen molar-refractivity contribution in [2.45, 2.75) is 25.9 Å². The van der Waals surface area contributed by atoms with E-state index in [1.807, 2.05) is 0 Å². The van der Waals surface area contributed by atoms with Gasteiger partial charge in [-0.3, -0.25) is 9.59 Å². The molecule has 0 radical (unpaired) electrons. The van der Waals surface area contributed by atoms with Crippen LogP contribution in [0.5, 0.6) is 0 Å². The monoisotopic (exact) mass is 306 g/mol. The fourth-order valence-corrected chi connectivity index (χ4v) is 2.74. The molecule has 22 heavy (non-hydrogen) atoms. The summed E-state index contributed by atoms with van der Waals surface area (Å²) in [4.78, 5) is 25.8. The van der Waals surface area contributed by atoms with E-state index in [0.29, 0.717) is 30.6 Å². The number of carbonyl (C=O) groups excluding carboxylic acids is 1. The molecule has 1 unspecified atom stereocenters. The molecule has 0 aliphatic carbocycles. The summed E-state index contributed by atoms with van der Waals surface area (Å²) in [5.41, 5.74) is 0.0856. The molecule has 0 fully saturated rings. The number of aromatic nitrogens is 1. The summed E-state index contributed by atoms with van der Waals surface area (Å²) >= 11 is 0. The van der Waals surface area contributed by atoms with Gasteiger partial charge in [0, 0.05) is 17.8 Å². The van der Waals surface area contributed by atoms with Crippen molar-refractivity contribution in [1.82, 2.24) is 5.16 Å². The molecule has 0 saturated heterocycles. The van der Waals surface area contributed by atoms with E-state index in [-0.39, 0.29) is 11.3 Å². The zero-order chi connectivity index (χ0) is 15.9. The van der Waals surface area contributed by atoms with Crippen LogP contribution in [-0.2, 0) is 0 Å². The van der Waals surface area contributed by atoms with Gasteiger partial charge in [0.05, 0.1) is 6.10 Å². The van der Waals surface area contributed by atoms with Crippen LogP contribution in [0.4, 0.5) is 10.1 Å². The maximum Gasteiger partial charge on any atom is 0.293 e. The van der Waals surface area contributed by atoms with Crippen molar-refractivity contribution >= 4 is 11.6 Å². The second-order valence-electron chi connectivity index (χ2n) is 5.28. The molecular weight excluding hydrogens is 291 g/mol. The van der Waals surface area contributed by atoms with Crippen molar-refractivity contribution in [1.29, 1.82) is 0 Å². The number of nitrogens with zero attached hydrogens (tertiary/aromatic N) is 1. The van der Waals surface area contributed by atoms with Gasteiger partial charge in [-0.15, -0.1) is 0 Å². The Hall–Kier alpha value is -2.41. The minimum absolute atomic E-state index is 0.0772. The first-order valence-electron chi connectivity index (χ1n) is 6.96. The molecule has 2 aromatic rings. The lowest BCUT2D eigenvalue weighted by atomic mass is 10.0. The predicted molar refractivity (Wildman–Crippen MR) is 76.3 cm³/mol. The molecule has 1 atom stereocenters. The van der Waals surface area contributed by atoms with Crippen LogP contribution < -0.4 is 10.5 Å². The highest BCUT2D eigenvalue weighted by Crippen LogP contribution is 2.34. The van der Waals surface area contributed by atoms with E-state index in [9.17, 15) is 19.1 Å². The van der Waals surface area contributed by atoms with Gasteiger partial charge in [-0.05, 0) is 38.0 Å². The molecule has 7 heteroatoms. The zero-order valence-electron chi connectivity index (χ0n) is 11.9. The summed E-state index contributed by atoms with van der Waals surface area (Å²) in [6, 6.07) is 3.89. The molecule has 0 saturated carbocycles. The summed E-state index contributed by atoms with van der Waals surface area (Å²) in [6.45, 7) is 1.85. The Labute approximate surface area is 125 Å². The quantitative estimate of drug-likeness (QED) is 0.842. The topological polar surface area (TPSA) is 86.5 Å². The first-order valence-corrected chi connectivity index (χ1v) is 6.96. The molecule has 1 aliphatic rings. The normalized spacial score (nSPS) is 18.0. The number of benzene rings is 1.